The molecule has 0 aliphatic carbocycles. The Morgan fingerprint density at radius 3 is 2.13 bits per heavy atom. The van der Waals surface area contributed by atoms with Gasteiger partial charge in [0.05, 0.1) is 25.3 Å². The summed E-state index contributed by atoms with van der Waals surface area (Å²) < 4.78 is 97.6. The standard InChI is InChI=1S/C34H53N3O23S4.3Na/c1-15(38)36-23-29(58-34-28(46)30(60-64(52,53)54)27(45)31(59-34)32(47)48)26(44)21(14-56-63(49,50)51)57-33(23)55-13-20(40)25(43)24(42)19(39)12-35-16-5-4-6-17(11-16)37-22(41)8-3-2-7-18-9-10-61-62-18;;;/h4-6,11,18-21,23-31,33-35,39-40,42-46H,2-3,7-10,12-14H2,1H3,(H,36,38)(H,37,41)(H,47,48)(H,49,50,51)(H,52,53,54);;;/q;3*+1/p-3/t18?,19-,20+,21+,23+,24+,25+,26-,27-,28+,29+,30-,31-,33-,34+;;;/m0.../s1. The number of benzene rings is 1. The van der Waals surface area contributed by atoms with E-state index < -0.39 is 138 Å². The first kappa shape index (κ1) is 65.4. The molecule has 0 spiro atoms. The predicted molar refractivity (Wildman–Crippen MR) is 214 cm³/mol. The normalized spacial score (nSPS) is 29.4. The van der Waals surface area contributed by atoms with Gasteiger partial charge in [-0.05, 0) is 37.5 Å². The third-order valence-electron chi connectivity index (χ3n) is 9.85. The maximum Gasteiger partial charge on any atom is 1.00 e. The summed E-state index contributed by atoms with van der Waals surface area (Å²) in [6.45, 7) is -1.87. The first-order valence-electron chi connectivity index (χ1n) is 19.4. The van der Waals surface area contributed by atoms with Gasteiger partial charge in [-0.3, -0.25) is 18.0 Å². The molecule has 1 aromatic rings. The molecule has 26 nitrogen and oxygen atoms in total. The van der Waals surface area contributed by atoms with Crippen molar-refractivity contribution in [2.24, 2.45) is 0 Å². The van der Waals surface area contributed by atoms with Crippen molar-refractivity contribution in [3.05, 3.63) is 24.3 Å². The second kappa shape index (κ2) is 30.6. The minimum atomic E-state index is -5.77. The van der Waals surface area contributed by atoms with Crippen LogP contribution < -0.4 is 110 Å². The number of amides is 2. The molecule has 3 aliphatic rings. The van der Waals surface area contributed by atoms with E-state index in [-0.39, 0.29) is 94.6 Å². The Balaban J connectivity index is 0.00000748. The van der Waals surface area contributed by atoms with Crippen LogP contribution >= 0.6 is 21.6 Å². The molecule has 33 heteroatoms. The van der Waals surface area contributed by atoms with Crippen molar-refractivity contribution in [2.45, 2.75) is 130 Å². The first-order valence-corrected chi connectivity index (χ1v) is 24.5. The number of carbonyl (C=O) groups excluding carboxylic acids is 3. The molecule has 366 valence electrons. The van der Waals surface area contributed by atoms with Crippen LogP contribution in [-0.4, -0.2) is 196 Å². The van der Waals surface area contributed by atoms with Gasteiger partial charge >= 0.3 is 88.7 Å². The fourth-order valence-electron chi connectivity index (χ4n) is 6.69. The van der Waals surface area contributed by atoms with Crippen LogP contribution in [-0.2, 0) is 62.5 Å². The van der Waals surface area contributed by atoms with Gasteiger partial charge in [-0.1, -0.05) is 34.1 Å². The minimum Gasteiger partial charge on any atom is -0.726 e. The van der Waals surface area contributed by atoms with Gasteiger partial charge in [0, 0.05) is 42.3 Å². The maximum absolute atomic E-state index is 12.5. The summed E-state index contributed by atoms with van der Waals surface area (Å²) >= 11 is 0. The largest absolute Gasteiger partial charge is 1.00 e. The molecule has 0 saturated carbocycles. The second-order valence-corrected chi connectivity index (χ2v) is 19.6. The van der Waals surface area contributed by atoms with Crippen LogP contribution in [0.1, 0.15) is 39.0 Å². The summed E-state index contributed by atoms with van der Waals surface area (Å²) in [6, 6.07) is 4.53. The number of rotatable bonds is 24. The first-order chi connectivity index (χ1) is 29.9. The summed E-state index contributed by atoms with van der Waals surface area (Å²) in [5.74, 6) is -2.25. The summed E-state index contributed by atoms with van der Waals surface area (Å²) in [4.78, 5) is 36.5. The average molecular weight is 1070 g/mol. The van der Waals surface area contributed by atoms with Gasteiger partial charge in [-0.25, -0.2) is 16.8 Å². The van der Waals surface area contributed by atoms with Crippen molar-refractivity contribution >= 4 is 71.5 Å². The van der Waals surface area contributed by atoms with Gasteiger partial charge in [-0.15, -0.1) is 0 Å². The molecule has 3 aliphatic heterocycles. The maximum atomic E-state index is 12.5. The van der Waals surface area contributed by atoms with E-state index in [1.807, 2.05) is 21.6 Å². The molecular weight excluding hydrogens is 1020 g/mol. The topological polar surface area (TPSA) is 422 Å². The van der Waals surface area contributed by atoms with Crippen LogP contribution in [0.5, 0.6) is 0 Å². The van der Waals surface area contributed by atoms with Crippen molar-refractivity contribution in [3.63, 3.8) is 0 Å². The van der Waals surface area contributed by atoms with E-state index in [0.717, 1.165) is 38.4 Å². The zero-order chi connectivity index (χ0) is 47.5. The van der Waals surface area contributed by atoms with Crippen LogP contribution in [0.3, 0.4) is 0 Å². The molecule has 0 aromatic heterocycles. The Morgan fingerprint density at radius 1 is 0.881 bits per heavy atom. The number of carboxylic acids is 1. The van der Waals surface area contributed by atoms with Crippen molar-refractivity contribution in [2.75, 3.05) is 36.1 Å². The zero-order valence-corrected chi connectivity index (χ0v) is 45.9. The Morgan fingerprint density at radius 2 is 1.54 bits per heavy atom. The molecule has 0 bridgehead atoms. The molecular formula is C34H50N3Na3O23S4. The number of carboxylic acid groups (broad SMARTS) is 1. The number of unbranched alkanes of at least 4 members (excludes halogenated alkanes) is 1. The smallest absolute Gasteiger partial charge is 0.726 e. The summed E-state index contributed by atoms with van der Waals surface area (Å²) in [5.41, 5.74) is 0.845. The number of ether oxygens (including phenoxy) is 4. The molecule has 3 fully saturated rings. The van der Waals surface area contributed by atoms with Crippen LogP contribution in [0.2, 0.25) is 0 Å². The SMILES string of the molecule is CC(=O)N[C@H]1[C@@H](OC[C@@H](O)[C@@H](O)[C@H](O)[C@@H](O)CNc2cccc(NC(=O)CCCCC3CCSS3)c2)O[C@H](COS(=O)(=O)[O-])[C@H](O)[C@@H]1O[C@@H]1O[C@H](C(=O)[O-])[C@@H](O)[C@H](OS(=O)(=O)[O-])[C@H]1O.[Na+].[Na+].[Na+]. The average Bonchev–Trinajstić information content (AvgIpc) is 3.73. The molecule has 0 radical (unpaired) electrons. The van der Waals surface area contributed by atoms with Gasteiger partial charge in [-0.2, -0.15) is 0 Å². The molecule has 1 aromatic carbocycles. The Labute approximate surface area is 459 Å². The minimum absolute atomic E-state index is 0. The number of nitrogens with one attached hydrogen (secondary N) is 3. The van der Waals surface area contributed by atoms with E-state index in [2.05, 4.69) is 24.3 Å². The van der Waals surface area contributed by atoms with E-state index in [0.29, 0.717) is 23.0 Å². The van der Waals surface area contributed by atoms with Gasteiger partial charge in [0.1, 0.15) is 67.1 Å². The zero-order valence-electron chi connectivity index (χ0n) is 36.6. The third-order valence-corrected chi connectivity index (χ3v) is 13.7. The Kier molecular flexibility index (Phi) is 29.9. The third kappa shape index (κ3) is 21.4. The van der Waals surface area contributed by atoms with Gasteiger partial charge in [0.15, 0.2) is 12.6 Å². The summed E-state index contributed by atoms with van der Waals surface area (Å²) in [7, 11) is -7.53. The van der Waals surface area contributed by atoms with E-state index in [1.54, 1.807) is 24.3 Å². The molecule has 4 rings (SSSR count). The van der Waals surface area contributed by atoms with Crippen molar-refractivity contribution in [1.82, 2.24) is 5.32 Å². The van der Waals surface area contributed by atoms with E-state index in [4.69, 9.17) is 18.9 Å². The van der Waals surface area contributed by atoms with Crippen LogP contribution in [0.4, 0.5) is 11.4 Å². The fourth-order valence-corrected chi connectivity index (χ4v) is 10.5. The van der Waals surface area contributed by atoms with E-state index in [1.165, 1.54) is 0 Å². The van der Waals surface area contributed by atoms with Crippen LogP contribution in [0, 0.1) is 0 Å². The predicted octanol–water partition coefficient (Wildman–Crippen LogP) is -14.3. The number of anilines is 2. The molecule has 15 atom stereocenters. The number of hydrogen-bond donors (Lipinski definition) is 10. The Hall–Kier alpha value is 0.430. The number of carbonyl (C=O) groups is 3. The number of aliphatic hydroxyl groups is 7. The summed E-state index contributed by atoms with van der Waals surface area (Å²) in [5, 5.41) is 95.3. The summed E-state index contributed by atoms with van der Waals surface area (Å²) in [6.07, 6.45) is -25.3. The molecule has 2 amide bonds. The van der Waals surface area contributed by atoms with Crippen LogP contribution in [0.25, 0.3) is 0 Å². The molecule has 1 unspecified atom stereocenters. The van der Waals surface area contributed by atoms with Gasteiger partial charge in [0.2, 0.25) is 32.6 Å². The molecule has 67 heavy (non-hydrogen) atoms. The van der Waals surface area contributed by atoms with Crippen molar-refractivity contribution in [1.29, 1.82) is 0 Å². The van der Waals surface area contributed by atoms with E-state index >= 15 is 0 Å². The van der Waals surface area contributed by atoms with Crippen molar-refractivity contribution < 1.29 is 197 Å². The quantitative estimate of drug-likeness (QED) is 0.0151. The van der Waals surface area contributed by atoms with Gasteiger partial charge in [0.25, 0.3) is 0 Å². The van der Waals surface area contributed by atoms with Crippen LogP contribution in [0.15, 0.2) is 24.3 Å². The number of aliphatic hydroxyl groups excluding tert-OH is 7. The second-order valence-electron chi connectivity index (χ2n) is 14.8. The van der Waals surface area contributed by atoms with Crippen molar-refractivity contribution in [3.8, 4) is 0 Å². The fraction of sp³-hybridized carbons (Fsp3) is 0.735. The Bertz CT molecular complexity index is 1930. The van der Waals surface area contributed by atoms with Gasteiger partial charge < -0.3 is 89.7 Å². The number of hydrogen-bond acceptors (Lipinski definition) is 26. The monoisotopic (exact) mass is 1070 g/mol. The molecule has 10 N–H and O–H groups in total. The molecule has 3 saturated heterocycles. The van der Waals surface area contributed by atoms with E-state index in [9.17, 15) is 81.2 Å². The number of aliphatic carboxylic acids is 1. The molecule has 3 heterocycles.